The van der Waals surface area contributed by atoms with Gasteiger partial charge in [-0.1, -0.05) is 5.57 Å². The maximum absolute atomic E-state index is 11.7. The van der Waals surface area contributed by atoms with Crippen LogP contribution in [0.3, 0.4) is 0 Å². The lowest BCUT2D eigenvalue weighted by Gasteiger charge is -2.22. The summed E-state index contributed by atoms with van der Waals surface area (Å²) in [5, 5.41) is 0. The summed E-state index contributed by atoms with van der Waals surface area (Å²) in [5.41, 5.74) is 1.99. The van der Waals surface area contributed by atoms with E-state index in [1.807, 2.05) is 27.3 Å². The van der Waals surface area contributed by atoms with Gasteiger partial charge in [-0.15, -0.1) is 0 Å². The minimum Gasteiger partial charge on any atom is -0.398 e. The van der Waals surface area contributed by atoms with Crippen molar-refractivity contribution in [1.82, 2.24) is 0 Å². The van der Waals surface area contributed by atoms with Gasteiger partial charge in [0.15, 0.2) is 5.78 Å². The van der Waals surface area contributed by atoms with E-state index in [2.05, 4.69) is 0 Å². The quantitative estimate of drug-likeness (QED) is 0.510. The van der Waals surface area contributed by atoms with E-state index in [1.165, 1.54) is 0 Å². The number of rotatable bonds is 7. The molecule has 0 unspecified atom stereocenters. The highest BCUT2D eigenvalue weighted by Gasteiger charge is 2.28. The first-order valence-corrected chi connectivity index (χ1v) is 8.16. The van der Waals surface area contributed by atoms with E-state index in [-0.39, 0.29) is 5.78 Å². The molecule has 0 aliphatic heterocycles. The molecule has 0 atom stereocenters. The molecular formula is C12H24O3Si. The summed E-state index contributed by atoms with van der Waals surface area (Å²) in [6.45, 7) is 7.85. The molecule has 4 heteroatoms. The summed E-state index contributed by atoms with van der Waals surface area (Å²) in [5.74, 6) is 0.239. The lowest BCUT2D eigenvalue weighted by Crippen LogP contribution is -2.35. The second-order valence-corrected chi connectivity index (χ2v) is 8.03. The first-order valence-electron chi connectivity index (χ1n) is 5.64. The molecule has 0 aromatic heterocycles. The van der Waals surface area contributed by atoms with Crippen LogP contribution in [0, 0.1) is 0 Å². The highest BCUT2D eigenvalue weighted by Crippen LogP contribution is 2.17. The molecule has 0 fully saturated rings. The summed E-state index contributed by atoms with van der Waals surface area (Å²) in [6.07, 6.45) is 1.43. The van der Waals surface area contributed by atoms with E-state index in [1.54, 1.807) is 14.2 Å². The van der Waals surface area contributed by atoms with Crippen LogP contribution in [0.25, 0.3) is 0 Å². The van der Waals surface area contributed by atoms with Crippen LogP contribution >= 0.6 is 0 Å². The van der Waals surface area contributed by atoms with Crippen LogP contribution in [0.15, 0.2) is 11.1 Å². The van der Waals surface area contributed by atoms with E-state index in [0.29, 0.717) is 6.42 Å². The van der Waals surface area contributed by atoms with E-state index in [9.17, 15) is 4.79 Å². The maximum Gasteiger partial charge on any atom is 0.334 e. The van der Waals surface area contributed by atoms with Crippen molar-refractivity contribution in [3.8, 4) is 0 Å². The molecule has 0 saturated heterocycles. The number of allylic oxidation sites excluding steroid dienone is 2. The van der Waals surface area contributed by atoms with Gasteiger partial charge in [0, 0.05) is 20.6 Å². The molecule has 0 heterocycles. The monoisotopic (exact) mass is 244 g/mol. The molecule has 0 amide bonds. The van der Waals surface area contributed by atoms with E-state index >= 15 is 0 Å². The Morgan fingerprint density at radius 2 is 1.62 bits per heavy atom. The molecule has 0 spiro atoms. The molecule has 0 aliphatic carbocycles. The molecule has 0 rings (SSSR count). The van der Waals surface area contributed by atoms with Gasteiger partial charge in [-0.05, 0) is 45.4 Å². The van der Waals surface area contributed by atoms with Crippen molar-refractivity contribution in [2.75, 3.05) is 14.2 Å². The third-order valence-electron chi connectivity index (χ3n) is 3.07. The fourth-order valence-electron chi connectivity index (χ4n) is 1.32. The lowest BCUT2D eigenvalue weighted by atomic mass is 10.1. The Hall–Kier alpha value is -0.453. The minimum absolute atomic E-state index is 0.239. The van der Waals surface area contributed by atoms with E-state index in [0.717, 1.165) is 23.6 Å². The topological polar surface area (TPSA) is 35.5 Å². The SMILES string of the molecule is CO[Si](C)(CCCC(=O)C(C)=C(C)C)OC. The molecule has 94 valence electrons. The number of hydrogen-bond donors (Lipinski definition) is 0. The first kappa shape index (κ1) is 15.5. The number of hydrogen-bond acceptors (Lipinski definition) is 3. The van der Waals surface area contributed by atoms with E-state index < -0.39 is 8.56 Å². The van der Waals surface area contributed by atoms with E-state index in [4.69, 9.17) is 8.85 Å². The third kappa shape index (κ3) is 5.05. The van der Waals surface area contributed by atoms with Crippen LogP contribution in [-0.2, 0) is 13.6 Å². The van der Waals surface area contributed by atoms with Gasteiger partial charge in [0.2, 0.25) is 0 Å². The molecule has 0 aliphatic rings. The molecule has 0 aromatic rings. The standard InChI is InChI=1S/C12H24O3Si/c1-10(2)11(3)12(13)8-7-9-16(6,14-4)15-5/h7-9H2,1-6H3. The Labute approximate surface area is 100 Å². The van der Waals surface area contributed by atoms with Crippen LogP contribution < -0.4 is 0 Å². The summed E-state index contributed by atoms with van der Waals surface area (Å²) < 4.78 is 10.7. The predicted molar refractivity (Wildman–Crippen MR) is 68.7 cm³/mol. The Bertz CT molecular complexity index is 263. The summed E-state index contributed by atoms with van der Waals surface area (Å²) in [6, 6.07) is 0.863. The van der Waals surface area contributed by atoms with Gasteiger partial charge in [0.05, 0.1) is 0 Å². The number of carbonyl (C=O) groups is 1. The molecule has 0 aromatic carbocycles. The summed E-state index contributed by atoms with van der Waals surface area (Å²) in [4.78, 5) is 11.7. The summed E-state index contributed by atoms with van der Waals surface area (Å²) in [7, 11) is 1.36. The predicted octanol–water partition coefficient (Wildman–Crippen LogP) is 3.06. The number of ketones is 1. The Morgan fingerprint density at radius 3 is 2.00 bits per heavy atom. The van der Waals surface area contributed by atoms with Gasteiger partial charge in [-0.2, -0.15) is 0 Å². The first-order chi connectivity index (χ1) is 7.36. The van der Waals surface area contributed by atoms with Gasteiger partial charge in [-0.25, -0.2) is 0 Å². The zero-order chi connectivity index (χ0) is 12.8. The average Bonchev–Trinajstić information content (AvgIpc) is 2.27. The maximum atomic E-state index is 11.7. The molecular weight excluding hydrogens is 220 g/mol. The lowest BCUT2D eigenvalue weighted by molar-refractivity contribution is -0.115. The average molecular weight is 244 g/mol. The zero-order valence-corrected chi connectivity index (χ0v) is 12.3. The summed E-state index contributed by atoms with van der Waals surface area (Å²) >= 11 is 0. The van der Waals surface area contributed by atoms with Crippen LogP contribution in [0.2, 0.25) is 12.6 Å². The second kappa shape index (κ2) is 6.99. The molecule has 0 radical (unpaired) electrons. The van der Waals surface area contributed by atoms with Crippen molar-refractivity contribution in [1.29, 1.82) is 0 Å². The van der Waals surface area contributed by atoms with Gasteiger partial charge in [0.1, 0.15) is 0 Å². The van der Waals surface area contributed by atoms with Crippen molar-refractivity contribution in [3.05, 3.63) is 11.1 Å². The van der Waals surface area contributed by atoms with Gasteiger partial charge < -0.3 is 8.85 Å². The molecule has 0 bridgehead atoms. The number of Topliss-reactive ketones (excluding diaryl/α,β-unsaturated/α-hetero) is 1. The fourth-order valence-corrected chi connectivity index (χ4v) is 2.72. The third-order valence-corrected chi connectivity index (χ3v) is 6.06. The van der Waals surface area contributed by atoms with Crippen molar-refractivity contribution in [3.63, 3.8) is 0 Å². The highest BCUT2D eigenvalue weighted by atomic mass is 28.4. The fraction of sp³-hybridized carbons (Fsp3) is 0.750. The molecule has 0 saturated carbocycles. The van der Waals surface area contributed by atoms with Gasteiger partial charge in [-0.3, -0.25) is 4.79 Å². The molecule has 16 heavy (non-hydrogen) atoms. The molecule has 0 N–H and O–H groups in total. The highest BCUT2D eigenvalue weighted by molar-refractivity contribution is 6.65. The second-order valence-electron chi connectivity index (χ2n) is 4.44. The van der Waals surface area contributed by atoms with Gasteiger partial charge in [0.25, 0.3) is 0 Å². The smallest absolute Gasteiger partial charge is 0.334 e. The molecule has 3 nitrogen and oxygen atoms in total. The van der Waals surface area contributed by atoms with Crippen LogP contribution in [0.5, 0.6) is 0 Å². The minimum atomic E-state index is -1.99. The zero-order valence-electron chi connectivity index (χ0n) is 11.3. The van der Waals surface area contributed by atoms with Crippen molar-refractivity contribution >= 4 is 14.3 Å². The normalized spacial score (nSPS) is 11.4. The Morgan fingerprint density at radius 1 is 1.12 bits per heavy atom. The van der Waals surface area contributed by atoms with Crippen LogP contribution in [0.1, 0.15) is 33.6 Å². The van der Waals surface area contributed by atoms with Gasteiger partial charge >= 0.3 is 8.56 Å². The van der Waals surface area contributed by atoms with Crippen molar-refractivity contribution in [2.24, 2.45) is 0 Å². The van der Waals surface area contributed by atoms with Crippen LogP contribution in [0.4, 0.5) is 0 Å². The van der Waals surface area contributed by atoms with Crippen molar-refractivity contribution in [2.45, 2.75) is 46.2 Å². The number of carbonyl (C=O) groups excluding carboxylic acids is 1. The largest absolute Gasteiger partial charge is 0.398 e. The van der Waals surface area contributed by atoms with Crippen molar-refractivity contribution < 1.29 is 13.6 Å². The Kier molecular flexibility index (Phi) is 6.79. The Balaban J connectivity index is 4.10. The van der Waals surface area contributed by atoms with Crippen LogP contribution in [-0.4, -0.2) is 28.6 Å².